The van der Waals surface area contributed by atoms with Crippen LogP contribution in [-0.2, 0) is 6.42 Å². The number of aromatic nitrogens is 3. The lowest BCUT2D eigenvalue weighted by Gasteiger charge is -2.09. The van der Waals surface area contributed by atoms with Gasteiger partial charge in [-0.05, 0) is 37.3 Å². The summed E-state index contributed by atoms with van der Waals surface area (Å²) in [5, 5.41) is 19.1. The van der Waals surface area contributed by atoms with Crippen LogP contribution in [0.3, 0.4) is 0 Å². The van der Waals surface area contributed by atoms with Crippen LogP contribution in [0.25, 0.3) is 11.6 Å². The maximum Gasteiger partial charge on any atom is 0.216 e. The molecule has 0 amide bonds. The SMILES string of the molecule is CC(=O)c1ccc(C#N)cc1NCCc1nc(-c2ccco2)n[nH]1. The number of Topliss-reactive ketones (excluding diaryl/α,β-unsaturated/α-hetero) is 1. The van der Waals surface area contributed by atoms with Crippen molar-refractivity contribution in [2.45, 2.75) is 13.3 Å². The predicted molar refractivity (Wildman–Crippen MR) is 87.4 cm³/mol. The van der Waals surface area contributed by atoms with Gasteiger partial charge in [-0.3, -0.25) is 9.89 Å². The van der Waals surface area contributed by atoms with E-state index >= 15 is 0 Å². The van der Waals surface area contributed by atoms with Crippen LogP contribution in [0.1, 0.15) is 28.7 Å². The fourth-order valence-electron chi connectivity index (χ4n) is 2.31. The predicted octanol–water partition coefficient (Wildman–Crippen LogP) is 2.79. The molecule has 2 aromatic heterocycles. The quantitative estimate of drug-likeness (QED) is 0.676. The van der Waals surface area contributed by atoms with E-state index in [1.165, 1.54) is 6.92 Å². The van der Waals surface area contributed by atoms with Gasteiger partial charge in [0, 0.05) is 24.2 Å². The number of nitriles is 1. The normalized spacial score (nSPS) is 10.3. The Bertz CT molecular complexity index is 890. The Morgan fingerprint density at radius 1 is 1.42 bits per heavy atom. The van der Waals surface area contributed by atoms with Crippen molar-refractivity contribution in [1.29, 1.82) is 5.26 Å². The Balaban J connectivity index is 1.66. The third-order valence-corrected chi connectivity index (χ3v) is 3.48. The van der Waals surface area contributed by atoms with Crippen molar-refractivity contribution in [2.24, 2.45) is 0 Å². The van der Waals surface area contributed by atoms with Gasteiger partial charge in [-0.2, -0.15) is 10.4 Å². The number of hydrogen-bond donors (Lipinski definition) is 2. The van der Waals surface area contributed by atoms with Gasteiger partial charge in [0.2, 0.25) is 5.82 Å². The third-order valence-electron chi connectivity index (χ3n) is 3.48. The van der Waals surface area contributed by atoms with E-state index in [0.29, 0.717) is 47.2 Å². The van der Waals surface area contributed by atoms with Gasteiger partial charge < -0.3 is 9.73 Å². The van der Waals surface area contributed by atoms with Gasteiger partial charge in [-0.1, -0.05) is 0 Å². The van der Waals surface area contributed by atoms with Crippen molar-refractivity contribution >= 4 is 11.5 Å². The molecule has 2 heterocycles. The largest absolute Gasteiger partial charge is 0.461 e. The van der Waals surface area contributed by atoms with Crippen molar-refractivity contribution in [3.05, 3.63) is 53.5 Å². The van der Waals surface area contributed by atoms with Gasteiger partial charge in [0.25, 0.3) is 0 Å². The maximum atomic E-state index is 11.7. The molecule has 0 saturated carbocycles. The molecule has 0 aliphatic rings. The van der Waals surface area contributed by atoms with Crippen molar-refractivity contribution in [3.8, 4) is 17.7 Å². The molecule has 0 spiro atoms. The molecule has 0 aliphatic heterocycles. The summed E-state index contributed by atoms with van der Waals surface area (Å²) in [6, 6.07) is 10.6. The second-order valence-electron chi connectivity index (χ2n) is 5.19. The molecule has 0 bridgehead atoms. The first-order valence-corrected chi connectivity index (χ1v) is 7.41. The zero-order chi connectivity index (χ0) is 16.9. The van der Waals surface area contributed by atoms with Crippen molar-refractivity contribution < 1.29 is 9.21 Å². The van der Waals surface area contributed by atoms with Gasteiger partial charge in [-0.15, -0.1) is 0 Å². The fourth-order valence-corrected chi connectivity index (χ4v) is 2.31. The topological polar surface area (TPSA) is 108 Å². The minimum Gasteiger partial charge on any atom is -0.461 e. The lowest BCUT2D eigenvalue weighted by molar-refractivity contribution is 0.101. The number of aromatic amines is 1. The van der Waals surface area contributed by atoms with Gasteiger partial charge in [0.15, 0.2) is 11.5 Å². The number of benzene rings is 1. The zero-order valence-electron chi connectivity index (χ0n) is 13.0. The number of H-pyrrole nitrogens is 1. The number of nitrogens with zero attached hydrogens (tertiary/aromatic N) is 3. The lowest BCUT2D eigenvalue weighted by Crippen LogP contribution is -2.09. The Morgan fingerprint density at radius 2 is 2.29 bits per heavy atom. The summed E-state index contributed by atoms with van der Waals surface area (Å²) in [6.45, 7) is 2.04. The van der Waals surface area contributed by atoms with E-state index in [1.54, 1.807) is 36.6 Å². The second-order valence-corrected chi connectivity index (χ2v) is 5.19. The molecule has 0 radical (unpaired) electrons. The van der Waals surface area contributed by atoms with Gasteiger partial charge >= 0.3 is 0 Å². The first kappa shape index (κ1) is 15.5. The molecular formula is C17H15N5O2. The average Bonchev–Trinajstić information content (AvgIpc) is 3.25. The molecule has 0 unspecified atom stereocenters. The number of anilines is 1. The first-order chi connectivity index (χ1) is 11.7. The number of rotatable bonds is 6. The number of hydrogen-bond acceptors (Lipinski definition) is 6. The number of ketones is 1. The summed E-state index contributed by atoms with van der Waals surface area (Å²) in [4.78, 5) is 16.0. The maximum absolute atomic E-state index is 11.7. The van der Waals surface area contributed by atoms with Crippen LogP contribution in [0.2, 0.25) is 0 Å². The fraction of sp³-hybridized carbons (Fsp3) is 0.176. The van der Waals surface area contributed by atoms with Crippen LogP contribution >= 0.6 is 0 Å². The standard InChI is InChI=1S/C17H15N5O2/c1-11(23)13-5-4-12(10-18)9-14(13)19-7-6-16-20-17(22-21-16)15-3-2-8-24-15/h2-5,8-9,19H,6-7H2,1H3,(H,20,21,22). The Labute approximate surface area is 138 Å². The van der Waals surface area contributed by atoms with E-state index in [-0.39, 0.29) is 5.78 Å². The summed E-state index contributed by atoms with van der Waals surface area (Å²) in [5.74, 6) is 1.76. The molecule has 3 rings (SSSR count). The Kier molecular flexibility index (Phi) is 4.38. The summed E-state index contributed by atoms with van der Waals surface area (Å²) >= 11 is 0. The van der Waals surface area contributed by atoms with E-state index in [2.05, 4.69) is 26.6 Å². The van der Waals surface area contributed by atoms with Crippen LogP contribution in [0, 0.1) is 11.3 Å². The first-order valence-electron chi connectivity index (χ1n) is 7.41. The van der Waals surface area contributed by atoms with E-state index < -0.39 is 0 Å². The number of carbonyl (C=O) groups excluding carboxylic acids is 1. The molecule has 24 heavy (non-hydrogen) atoms. The third kappa shape index (κ3) is 3.33. The summed E-state index contributed by atoms with van der Waals surface area (Å²) in [7, 11) is 0. The monoisotopic (exact) mass is 321 g/mol. The van der Waals surface area contributed by atoms with Crippen molar-refractivity contribution in [3.63, 3.8) is 0 Å². The van der Waals surface area contributed by atoms with Gasteiger partial charge in [0.1, 0.15) is 5.82 Å². The molecule has 120 valence electrons. The van der Waals surface area contributed by atoms with Crippen LogP contribution in [0.15, 0.2) is 41.0 Å². The van der Waals surface area contributed by atoms with E-state index in [1.807, 2.05) is 0 Å². The minimum absolute atomic E-state index is 0.0539. The van der Waals surface area contributed by atoms with E-state index in [9.17, 15) is 4.79 Å². The summed E-state index contributed by atoms with van der Waals surface area (Å²) in [5.41, 5.74) is 1.71. The minimum atomic E-state index is -0.0539. The summed E-state index contributed by atoms with van der Waals surface area (Å²) < 4.78 is 5.25. The Morgan fingerprint density at radius 3 is 3.00 bits per heavy atom. The number of nitrogens with one attached hydrogen (secondary N) is 2. The zero-order valence-corrected chi connectivity index (χ0v) is 13.0. The molecule has 7 heteroatoms. The smallest absolute Gasteiger partial charge is 0.216 e. The van der Waals surface area contributed by atoms with Crippen LogP contribution < -0.4 is 5.32 Å². The highest BCUT2D eigenvalue weighted by Crippen LogP contribution is 2.19. The van der Waals surface area contributed by atoms with Crippen LogP contribution in [0.5, 0.6) is 0 Å². The molecular weight excluding hydrogens is 306 g/mol. The molecule has 0 atom stereocenters. The molecule has 0 aliphatic carbocycles. The van der Waals surface area contributed by atoms with Gasteiger partial charge in [-0.25, -0.2) is 4.98 Å². The Hall–Kier alpha value is -3.40. The highest BCUT2D eigenvalue weighted by atomic mass is 16.3. The summed E-state index contributed by atoms with van der Waals surface area (Å²) in [6.07, 6.45) is 2.15. The van der Waals surface area contributed by atoms with Gasteiger partial charge in [0.05, 0.1) is 17.9 Å². The van der Waals surface area contributed by atoms with Crippen LogP contribution in [0.4, 0.5) is 5.69 Å². The highest BCUT2D eigenvalue weighted by molar-refractivity contribution is 5.99. The van der Waals surface area contributed by atoms with Crippen molar-refractivity contribution in [2.75, 3.05) is 11.9 Å². The number of furan rings is 1. The molecule has 7 nitrogen and oxygen atoms in total. The van der Waals surface area contributed by atoms with E-state index in [0.717, 1.165) is 0 Å². The molecule has 0 fully saturated rings. The highest BCUT2D eigenvalue weighted by Gasteiger charge is 2.10. The van der Waals surface area contributed by atoms with Crippen LogP contribution in [-0.4, -0.2) is 27.5 Å². The molecule has 0 saturated heterocycles. The second kappa shape index (κ2) is 6.79. The van der Waals surface area contributed by atoms with E-state index in [4.69, 9.17) is 9.68 Å². The molecule has 2 N–H and O–H groups in total. The van der Waals surface area contributed by atoms with Crippen molar-refractivity contribution in [1.82, 2.24) is 15.2 Å². The molecule has 1 aromatic carbocycles. The number of carbonyl (C=O) groups is 1. The average molecular weight is 321 g/mol. The molecule has 3 aromatic rings. The lowest BCUT2D eigenvalue weighted by atomic mass is 10.1.